The number of ether oxygens (including phenoxy) is 1. The van der Waals surface area contributed by atoms with E-state index >= 15 is 0 Å². The van der Waals surface area contributed by atoms with Crippen LogP contribution in [0.5, 0.6) is 0 Å². The minimum absolute atomic E-state index is 0.0141. The van der Waals surface area contributed by atoms with Crippen LogP contribution in [0.1, 0.15) is 23.6 Å². The second-order valence-corrected chi connectivity index (χ2v) is 9.12. The molecule has 1 fully saturated rings. The van der Waals surface area contributed by atoms with Gasteiger partial charge in [0, 0.05) is 56.2 Å². The second kappa shape index (κ2) is 10.4. The highest BCUT2D eigenvalue weighted by Crippen LogP contribution is 2.40. The Morgan fingerprint density at radius 3 is 2.53 bits per heavy atom. The first-order chi connectivity index (χ1) is 14.7. The van der Waals surface area contributed by atoms with Crippen molar-refractivity contribution in [1.82, 2.24) is 15.1 Å². The van der Waals surface area contributed by atoms with Crippen LogP contribution in [0.2, 0.25) is 0 Å². The molecule has 1 N–H and O–H groups in total. The summed E-state index contributed by atoms with van der Waals surface area (Å²) in [6.45, 7) is 6.29. The van der Waals surface area contributed by atoms with Gasteiger partial charge in [-0.2, -0.15) is 0 Å². The van der Waals surface area contributed by atoms with Gasteiger partial charge >= 0.3 is 0 Å². The molecule has 2 aromatic carbocycles. The zero-order chi connectivity index (χ0) is 20.8. The molecule has 1 unspecified atom stereocenters. The molecule has 1 saturated heterocycles. The van der Waals surface area contributed by atoms with Crippen LogP contribution in [-0.4, -0.2) is 68.7 Å². The number of carbonyl (C=O) groups is 1. The van der Waals surface area contributed by atoms with E-state index in [0.717, 1.165) is 52.2 Å². The van der Waals surface area contributed by atoms with Crippen molar-refractivity contribution in [3.05, 3.63) is 59.7 Å². The number of hydrogen-bond acceptors (Lipinski definition) is 5. The average Bonchev–Trinajstić information content (AvgIpc) is 2.91. The van der Waals surface area contributed by atoms with Crippen LogP contribution in [0.25, 0.3) is 0 Å². The lowest BCUT2D eigenvalue weighted by atomic mass is 9.99. The second-order valence-electron chi connectivity index (χ2n) is 8.04. The summed E-state index contributed by atoms with van der Waals surface area (Å²) in [5, 5.41) is 3.33. The van der Waals surface area contributed by atoms with Crippen molar-refractivity contribution in [1.29, 1.82) is 0 Å². The summed E-state index contributed by atoms with van der Waals surface area (Å²) >= 11 is 1.80. The topological polar surface area (TPSA) is 44.8 Å². The first-order valence-corrected chi connectivity index (χ1v) is 11.6. The maximum Gasteiger partial charge on any atom is 0.234 e. The average molecular weight is 426 g/mol. The quantitative estimate of drug-likeness (QED) is 0.690. The van der Waals surface area contributed by atoms with E-state index < -0.39 is 0 Å². The van der Waals surface area contributed by atoms with Crippen LogP contribution in [0.15, 0.2) is 58.3 Å². The molecule has 4 rings (SSSR count). The molecule has 2 aromatic rings. The van der Waals surface area contributed by atoms with Gasteiger partial charge in [0.2, 0.25) is 5.91 Å². The summed E-state index contributed by atoms with van der Waals surface area (Å²) in [7, 11) is 1.75. The molecule has 0 bridgehead atoms. The summed E-state index contributed by atoms with van der Waals surface area (Å²) in [5.74, 6) is 0.118. The molecule has 2 aliphatic rings. The van der Waals surface area contributed by atoms with Gasteiger partial charge in [-0.15, -0.1) is 0 Å². The third-order valence-corrected chi connectivity index (χ3v) is 7.11. The van der Waals surface area contributed by atoms with Crippen LogP contribution in [0.4, 0.5) is 0 Å². The Bertz CT molecular complexity index is 852. The largest absolute Gasteiger partial charge is 0.385 e. The lowest BCUT2D eigenvalue weighted by Gasteiger charge is -2.34. The zero-order valence-electron chi connectivity index (χ0n) is 17.7. The van der Waals surface area contributed by atoms with E-state index in [-0.39, 0.29) is 11.9 Å². The van der Waals surface area contributed by atoms with Gasteiger partial charge in [0.15, 0.2) is 0 Å². The highest BCUT2D eigenvalue weighted by molar-refractivity contribution is 7.99. The van der Waals surface area contributed by atoms with E-state index in [2.05, 4.69) is 63.6 Å². The molecule has 0 aromatic heterocycles. The van der Waals surface area contributed by atoms with Gasteiger partial charge in [-0.05, 0) is 36.1 Å². The number of methoxy groups -OCH3 is 1. The van der Waals surface area contributed by atoms with Crippen molar-refractivity contribution in [3.8, 4) is 0 Å². The van der Waals surface area contributed by atoms with Crippen LogP contribution < -0.4 is 5.32 Å². The fraction of sp³-hybridized carbons (Fsp3) is 0.458. The predicted molar refractivity (Wildman–Crippen MR) is 121 cm³/mol. The number of piperazine rings is 1. The minimum atomic E-state index is 0.0141. The van der Waals surface area contributed by atoms with Gasteiger partial charge in [-0.1, -0.05) is 48.2 Å². The Morgan fingerprint density at radius 1 is 1.03 bits per heavy atom. The Kier molecular flexibility index (Phi) is 7.44. The molecule has 1 amide bonds. The monoisotopic (exact) mass is 425 g/mol. The summed E-state index contributed by atoms with van der Waals surface area (Å²) in [5.41, 5.74) is 2.52. The molecule has 160 valence electrons. The van der Waals surface area contributed by atoms with Gasteiger partial charge < -0.3 is 15.0 Å². The van der Waals surface area contributed by atoms with Gasteiger partial charge in [-0.3, -0.25) is 9.69 Å². The van der Waals surface area contributed by atoms with E-state index in [9.17, 15) is 4.79 Å². The molecule has 6 heteroatoms. The lowest BCUT2D eigenvalue weighted by Crippen LogP contribution is -2.50. The van der Waals surface area contributed by atoms with Gasteiger partial charge in [0.25, 0.3) is 0 Å². The van der Waals surface area contributed by atoms with E-state index in [1.54, 1.807) is 18.9 Å². The maximum atomic E-state index is 12.9. The Hall–Kier alpha value is -1.86. The van der Waals surface area contributed by atoms with Crippen molar-refractivity contribution in [3.63, 3.8) is 0 Å². The summed E-state index contributed by atoms with van der Waals surface area (Å²) in [4.78, 5) is 20.2. The molecule has 30 heavy (non-hydrogen) atoms. The minimum Gasteiger partial charge on any atom is -0.385 e. The van der Waals surface area contributed by atoms with E-state index in [1.165, 1.54) is 20.9 Å². The van der Waals surface area contributed by atoms with Crippen LogP contribution in [0.3, 0.4) is 0 Å². The molecular formula is C24H31N3O2S. The smallest absolute Gasteiger partial charge is 0.234 e. The first kappa shape index (κ1) is 21.4. The zero-order valence-corrected chi connectivity index (χ0v) is 18.5. The molecule has 2 heterocycles. The number of fused-ring (bicyclic) bond motifs is 2. The lowest BCUT2D eigenvalue weighted by molar-refractivity contribution is -0.123. The molecule has 0 spiro atoms. The summed E-state index contributed by atoms with van der Waals surface area (Å²) < 4.78 is 5.14. The maximum absolute atomic E-state index is 12.9. The number of rotatable bonds is 7. The van der Waals surface area contributed by atoms with Gasteiger partial charge in [0.1, 0.15) is 0 Å². The number of amides is 1. The molecule has 5 nitrogen and oxygen atoms in total. The van der Waals surface area contributed by atoms with Crippen LogP contribution in [-0.2, 0) is 16.0 Å². The normalized spacial score (nSPS) is 19.6. The Morgan fingerprint density at radius 2 is 1.73 bits per heavy atom. The predicted octanol–water partition coefficient (Wildman–Crippen LogP) is 3.21. The third kappa shape index (κ3) is 5.43. The third-order valence-electron chi connectivity index (χ3n) is 5.90. The molecule has 0 saturated carbocycles. The molecule has 2 aliphatic heterocycles. The van der Waals surface area contributed by atoms with Crippen molar-refractivity contribution in [2.75, 3.05) is 53.0 Å². The van der Waals surface area contributed by atoms with Crippen molar-refractivity contribution >= 4 is 17.7 Å². The highest BCUT2D eigenvalue weighted by Gasteiger charge is 2.25. The molecular weight excluding hydrogens is 394 g/mol. The van der Waals surface area contributed by atoms with E-state index in [1.807, 2.05) is 0 Å². The SMILES string of the molecule is COCCCN1CCN(CC(=O)NC2Cc3ccccc3Sc3ccccc32)CC1. The van der Waals surface area contributed by atoms with Gasteiger partial charge in [0.05, 0.1) is 12.6 Å². The Labute approximate surface area is 183 Å². The Balaban J connectivity index is 1.35. The van der Waals surface area contributed by atoms with Crippen molar-refractivity contribution in [2.24, 2.45) is 0 Å². The number of nitrogens with one attached hydrogen (secondary N) is 1. The van der Waals surface area contributed by atoms with Crippen molar-refractivity contribution < 1.29 is 9.53 Å². The number of carbonyl (C=O) groups excluding carboxylic acids is 1. The standard InChI is InChI=1S/C24H31N3O2S/c1-29-16-6-11-26-12-14-27(15-13-26)18-24(28)25-21-17-19-7-2-4-9-22(19)30-23-10-5-3-8-20(21)23/h2-5,7-10,21H,6,11-18H2,1H3,(H,25,28). The van der Waals surface area contributed by atoms with Crippen LogP contribution >= 0.6 is 11.8 Å². The van der Waals surface area contributed by atoms with Crippen molar-refractivity contribution in [2.45, 2.75) is 28.7 Å². The number of benzene rings is 2. The van der Waals surface area contributed by atoms with Gasteiger partial charge in [-0.25, -0.2) is 0 Å². The van der Waals surface area contributed by atoms with Crippen LogP contribution in [0, 0.1) is 0 Å². The first-order valence-electron chi connectivity index (χ1n) is 10.8. The van der Waals surface area contributed by atoms with E-state index in [0.29, 0.717) is 6.54 Å². The molecule has 0 radical (unpaired) electrons. The number of nitrogens with zero attached hydrogens (tertiary/aromatic N) is 2. The highest BCUT2D eigenvalue weighted by atomic mass is 32.2. The fourth-order valence-electron chi connectivity index (χ4n) is 4.26. The van der Waals surface area contributed by atoms with E-state index in [4.69, 9.17) is 4.74 Å². The molecule has 0 aliphatic carbocycles. The molecule has 1 atom stereocenters. The summed E-state index contributed by atoms with van der Waals surface area (Å²) in [6, 6.07) is 17.0. The summed E-state index contributed by atoms with van der Waals surface area (Å²) in [6.07, 6.45) is 1.90. The number of hydrogen-bond donors (Lipinski definition) is 1. The fourth-order valence-corrected chi connectivity index (χ4v) is 5.40.